The minimum absolute atomic E-state index is 0.0822. The molecule has 0 amide bonds. The number of hydrogen-bond acceptors (Lipinski definition) is 1. The predicted molar refractivity (Wildman–Crippen MR) is 77.8 cm³/mol. The van der Waals surface area contributed by atoms with Crippen LogP contribution in [0, 0.1) is 10.8 Å². The third-order valence-corrected chi connectivity index (χ3v) is 6.12. The molecule has 0 radical (unpaired) electrons. The summed E-state index contributed by atoms with van der Waals surface area (Å²) in [6, 6.07) is 8.36. The second-order valence-electron chi connectivity index (χ2n) is 7.72. The third kappa shape index (κ3) is 1.64. The smallest absolute Gasteiger partial charge is 0.240 e. The van der Waals surface area contributed by atoms with Crippen LogP contribution in [-0.4, -0.2) is 37.4 Å². The Hall–Kier alpha value is -0.610. The molecule has 4 aliphatic rings. The topological polar surface area (TPSA) is 29.1 Å². The maximum absolute atomic E-state index is 10.7. The summed E-state index contributed by atoms with van der Waals surface area (Å²) in [6.45, 7) is 8.88. The standard InChI is InChI=1S/C16H21ClN2O/c1-15-7-18-9-16(2,14(15)20)10-19(8-15)13(18)11-3-5-12(17)6-4-11/h3-6,13-14,20H,7-10H2,1-2H3/p+2. The molecule has 108 valence electrons. The Morgan fingerprint density at radius 3 is 1.90 bits per heavy atom. The molecule has 0 saturated carbocycles. The molecule has 1 aromatic rings. The molecule has 0 unspecified atom stereocenters. The van der Waals surface area contributed by atoms with Crippen LogP contribution in [0.2, 0.25) is 5.02 Å². The molecule has 4 heterocycles. The molecule has 4 fully saturated rings. The van der Waals surface area contributed by atoms with Gasteiger partial charge in [0.25, 0.3) is 0 Å². The van der Waals surface area contributed by atoms with Crippen molar-refractivity contribution in [1.29, 1.82) is 0 Å². The summed E-state index contributed by atoms with van der Waals surface area (Å²) >= 11 is 6.02. The largest absolute Gasteiger partial charge is 0.391 e. The number of aliphatic hydroxyl groups is 1. The van der Waals surface area contributed by atoms with Crippen LogP contribution in [0.15, 0.2) is 24.3 Å². The van der Waals surface area contributed by atoms with E-state index in [0.717, 1.165) is 31.2 Å². The molecule has 5 rings (SSSR count). The molecule has 3 nitrogen and oxygen atoms in total. The van der Waals surface area contributed by atoms with E-state index in [-0.39, 0.29) is 16.9 Å². The molecule has 4 saturated heterocycles. The summed E-state index contributed by atoms with van der Waals surface area (Å²) < 4.78 is 0. The maximum Gasteiger partial charge on any atom is 0.240 e. The van der Waals surface area contributed by atoms with Crippen molar-refractivity contribution in [3.63, 3.8) is 0 Å². The summed E-state index contributed by atoms with van der Waals surface area (Å²) in [5.74, 6) is 0. The lowest BCUT2D eigenvalue weighted by molar-refractivity contribution is -1.19. The SMILES string of the molecule is CC12C[NH+]3CC(C)(C[NH+](C1)C3c1ccc(Cl)cc1)C2O. The van der Waals surface area contributed by atoms with Crippen molar-refractivity contribution in [3.05, 3.63) is 34.9 Å². The van der Waals surface area contributed by atoms with Crippen molar-refractivity contribution >= 4 is 11.6 Å². The van der Waals surface area contributed by atoms with Crippen LogP contribution in [0.5, 0.6) is 0 Å². The van der Waals surface area contributed by atoms with Crippen LogP contribution < -0.4 is 9.80 Å². The van der Waals surface area contributed by atoms with E-state index in [1.54, 1.807) is 9.80 Å². The van der Waals surface area contributed by atoms with E-state index in [1.807, 2.05) is 12.1 Å². The fourth-order valence-electron chi connectivity index (χ4n) is 5.38. The molecule has 0 aliphatic carbocycles. The van der Waals surface area contributed by atoms with Crippen LogP contribution >= 0.6 is 11.6 Å². The Morgan fingerprint density at radius 2 is 1.45 bits per heavy atom. The van der Waals surface area contributed by atoms with E-state index in [0.29, 0.717) is 6.17 Å². The van der Waals surface area contributed by atoms with Gasteiger partial charge in [0.2, 0.25) is 6.17 Å². The van der Waals surface area contributed by atoms with Gasteiger partial charge >= 0.3 is 0 Å². The van der Waals surface area contributed by atoms with Crippen molar-refractivity contribution in [2.45, 2.75) is 26.1 Å². The molecule has 20 heavy (non-hydrogen) atoms. The Balaban J connectivity index is 1.72. The zero-order chi connectivity index (χ0) is 14.1. The number of hydrogen-bond donors (Lipinski definition) is 3. The average Bonchev–Trinajstić information content (AvgIpc) is 2.36. The number of piperidine rings is 2. The highest BCUT2D eigenvalue weighted by atomic mass is 35.5. The molecule has 3 N–H and O–H groups in total. The van der Waals surface area contributed by atoms with Crippen LogP contribution in [0.25, 0.3) is 0 Å². The van der Waals surface area contributed by atoms with Crippen LogP contribution in [0.4, 0.5) is 0 Å². The normalized spacial score (nSPS) is 49.6. The fourth-order valence-corrected chi connectivity index (χ4v) is 5.50. The van der Waals surface area contributed by atoms with E-state index < -0.39 is 0 Å². The zero-order valence-electron chi connectivity index (χ0n) is 12.1. The Labute approximate surface area is 125 Å². The van der Waals surface area contributed by atoms with Crippen molar-refractivity contribution in [1.82, 2.24) is 0 Å². The van der Waals surface area contributed by atoms with Gasteiger partial charge in [0.1, 0.15) is 0 Å². The summed E-state index contributed by atoms with van der Waals surface area (Å²) in [5, 5.41) is 11.5. The molecule has 0 aromatic heterocycles. The van der Waals surface area contributed by atoms with E-state index in [9.17, 15) is 5.11 Å². The van der Waals surface area contributed by atoms with Gasteiger partial charge in [-0.25, -0.2) is 0 Å². The summed E-state index contributed by atoms with van der Waals surface area (Å²) in [5.41, 5.74) is 1.55. The number of halogens is 1. The summed E-state index contributed by atoms with van der Waals surface area (Å²) in [7, 11) is 0. The van der Waals surface area contributed by atoms with Gasteiger partial charge in [0.05, 0.1) is 48.7 Å². The fraction of sp³-hybridized carbons (Fsp3) is 0.625. The van der Waals surface area contributed by atoms with Gasteiger partial charge in [-0.1, -0.05) is 11.6 Å². The molecule has 4 heteroatoms. The van der Waals surface area contributed by atoms with Crippen molar-refractivity contribution < 1.29 is 14.9 Å². The first-order chi connectivity index (χ1) is 9.41. The second-order valence-corrected chi connectivity index (χ2v) is 8.16. The number of nitrogens with one attached hydrogen (secondary N) is 2. The number of rotatable bonds is 1. The van der Waals surface area contributed by atoms with Crippen LogP contribution in [0.3, 0.4) is 0 Å². The highest BCUT2D eigenvalue weighted by molar-refractivity contribution is 6.30. The van der Waals surface area contributed by atoms with Gasteiger partial charge in [-0.2, -0.15) is 0 Å². The summed E-state index contributed by atoms with van der Waals surface area (Å²) in [6.07, 6.45) is 0.370. The van der Waals surface area contributed by atoms with Gasteiger partial charge in [0.15, 0.2) is 0 Å². The molecule has 4 aliphatic heterocycles. The molecule has 0 atom stereocenters. The van der Waals surface area contributed by atoms with E-state index in [1.165, 1.54) is 5.56 Å². The molecule has 0 spiro atoms. The number of aliphatic hydroxyl groups excluding tert-OH is 1. The van der Waals surface area contributed by atoms with Gasteiger partial charge in [-0.05, 0) is 38.1 Å². The lowest BCUT2D eigenvalue weighted by atomic mass is 9.60. The van der Waals surface area contributed by atoms with Crippen LogP contribution in [-0.2, 0) is 0 Å². The zero-order valence-corrected chi connectivity index (χ0v) is 12.9. The minimum atomic E-state index is -0.145. The highest BCUT2D eigenvalue weighted by Gasteiger charge is 2.67. The average molecular weight is 295 g/mol. The molecular weight excluding hydrogens is 272 g/mol. The predicted octanol–water partition coefficient (Wildman–Crippen LogP) is -0.477. The molecule has 1 aromatic carbocycles. The van der Waals surface area contributed by atoms with Gasteiger partial charge < -0.3 is 5.11 Å². The highest BCUT2D eigenvalue weighted by Crippen LogP contribution is 2.39. The van der Waals surface area contributed by atoms with E-state index in [2.05, 4.69) is 26.0 Å². The first-order valence-electron chi connectivity index (χ1n) is 7.54. The van der Waals surface area contributed by atoms with Gasteiger partial charge in [-0.15, -0.1) is 0 Å². The van der Waals surface area contributed by atoms with Crippen molar-refractivity contribution in [2.75, 3.05) is 26.2 Å². The quantitative estimate of drug-likeness (QED) is 0.642. The monoisotopic (exact) mass is 294 g/mol. The second kappa shape index (κ2) is 3.98. The molecular formula is C16H23ClN2O+2. The van der Waals surface area contributed by atoms with Gasteiger partial charge in [0, 0.05) is 5.02 Å². The van der Waals surface area contributed by atoms with E-state index >= 15 is 0 Å². The number of quaternary nitrogens is 2. The summed E-state index contributed by atoms with van der Waals surface area (Å²) in [4.78, 5) is 3.27. The third-order valence-electron chi connectivity index (χ3n) is 5.86. The first kappa shape index (κ1) is 13.1. The van der Waals surface area contributed by atoms with Crippen molar-refractivity contribution in [2.24, 2.45) is 10.8 Å². The maximum atomic E-state index is 10.7. The Bertz CT molecular complexity index is 506. The molecule has 4 bridgehead atoms. The van der Waals surface area contributed by atoms with Crippen molar-refractivity contribution in [3.8, 4) is 0 Å². The van der Waals surface area contributed by atoms with E-state index in [4.69, 9.17) is 11.6 Å². The lowest BCUT2D eigenvalue weighted by Crippen LogP contribution is -3.41. The van der Waals surface area contributed by atoms with Crippen LogP contribution in [0.1, 0.15) is 25.6 Å². The minimum Gasteiger partial charge on any atom is -0.391 e. The first-order valence-corrected chi connectivity index (χ1v) is 7.92. The Morgan fingerprint density at radius 1 is 1.00 bits per heavy atom. The Kier molecular flexibility index (Phi) is 2.60. The van der Waals surface area contributed by atoms with Gasteiger partial charge in [-0.3, -0.25) is 9.80 Å². The number of benzene rings is 1. The lowest BCUT2D eigenvalue weighted by Gasteiger charge is -2.62.